The standard InChI is InChI=1S/C29H34N2O/c1-21-13-18-27-24(19-21)20-28(22-9-5-4-6-10-22)31(27)26-16-14-23(15-17-26)29(32)30-25-11-7-2-3-8-12-25/h4-6,9-10,14-17,20-21,25H,2-3,7-8,11-13,18-19H2,1H3,(H,30,32)/t21-/m0/s1. The molecule has 0 unspecified atom stereocenters. The number of aromatic nitrogens is 1. The Morgan fingerprint density at radius 3 is 2.34 bits per heavy atom. The van der Waals surface area contributed by atoms with Gasteiger partial charge in [0.05, 0.1) is 5.69 Å². The summed E-state index contributed by atoms with van der Waals surface area (Å²) in [6.45, 7) is 2.35. The van der Waals surface area contributed by atoms with Gasteiger partial charge in [-0.3, -0.25) is 4.79 Å². The Morgan fingerprint density at radius 2 is 1.62 bits per heavy atom. The number of nitrogens with zero attached hydrogens (tertiary/aromatic N) is 1. The number of fused-ring (bicyclic) bond motifs is 1. The highest BCUT2D eigenvalue weighted by Crippen LogP contribution is 2.35. The van der Waals surface area contributed by atoms with Crippen molar-refractivity contribution in [3.8, 4) is 16.9 Å². The molecule has 1 heterocycles. The van der Waals surface area contributed by atoms with E-state index in [2.05, 4.69) is 65.3 Å². The van der Waals surface area contributed by atoms with E-state index in [4.69, 9.17) is 0 Å². The number of hydrogen-bond donors (Lipinski definition) is 1. The van der Waals surface area contributed by atoms with Crippen molar-refractivity contribution >= 4 is 5.91 Å². The molecule has 1 saturated carbocycles. The summed E-state index contributed by atoms with van der Waals surface area (Å²) in [5.74, 6) is 0.798. The molecule has 32 heavy (non-hydrogen) atoms. The first-order valence-corrected chi connectivity index (χ1v) is 12.4. The lowest BCUT2D eigenvalue weighted by Crippen LogP contribution is -2.34. The van der Waals surface area contributed by atoms with Crippen LogP contribution in [0.4, 0.5) is 0 Å². The second-order valence-electron chi connectivity index (χ2n) is 9.76. The summed E-state index contributed by atoms with van der Waals surface area (Å²) in [5.41, 5.74) is 7.29. The normalized spacial score (nSPS) is 19.2. The van der Waals surface area contributed by atoms with Crippen LogP contribution in [-0.2, 0) is 12.8 Å². The van der Waals surface area contributed by atoms with Gasteiger partial charge in [-0.25, -0.2) is 0 Å². The van der Waals surface area contributed by atoms with Crippen molar-refractivity contribution in [2.75, 3.05) is 0 Å². The summed E-state index contributed by atoms with van der Waals surface area (Å²) >= 11 is 0. The molecule has 3 aromatic rings. The molecule has 3 heteroatoms. The molecule has 0 saturated heterocycles. The summed E-state index contributed by atoms with van der Waals surface area (Å²) in [5, 5.41) is 3.28. The molecule has 2 aliphatic rings. The molecule has 1 N–H and O–H groups in total. The third-order valence-corrected chi connectivity index (χ3v) is 7.28. The third-order valence-electron chi connectivity index (χ3n) is 7.28. The van der Waals surface area contributed by atoms with Gasteiger partial charge >= 0.3 is 0 Å². The first kappa shape index (κ1) is 21.1. The highest BCUT2D eigenvalue weighted by molar-refractivity contribution is 5.94. The Kier molecular flexibility index (Phi) is 6.16. The van der Waals surface area contributed by atoms with Gasteiger partial charge < -0.3 is 9.88 Å². The Balaban J connectivity index is 1.44. The van der Waals surface area contributed by atoms with E-state index in [0.717, 1.165) is 42.9 Å². The lowest BCUT2D eigenvalue weighted by atomic mass is 9.89. The van der Waals surface area contributed by atoms with E-state index in [1.54, 1.807) is 0 Å². The predicted octanol–water partition coefficient (Wildman–Crippen LogP) is 6.72. The summed E-state index contributed by atoms with van der Waals surface area (Å²) in [6.07, 6.45) is 10.7. The minimum absolute atomic E-state index is 0.0649. The molecule has 0 spiro atoms. The number of benzene rings is 2. The Morgan fingerprint density at radius 1 is 0.906 bits per heavy atom. The van der Waals surface area contributed by atoms with Gasteiger partial charge in [0, 0.05) is 23.0 Å². The third kappa shape index (κ3) is 4.39. The quantitative estimate of drug-likeness (QED) is 0.462. The topological polar surface area (TPSA) is 34.0 Å². The van der Waals surface area contributed by atoms with Crippen molar-refractivity contribution in [1.82, 2.24) is 9.88 Å². The molecule has 0 aliphatic heterocycles. The monoisotopic (exact) mass is 426 g/mol. The fourth-order valence-electron chi connectivity index (χ4n) is 5.48. The number of nitrogens with one attached hydrogen (secondary N) is 1. The average Bonchev–Trinajstić information content (AvgIpc) is 3.00. The van der Waals surface area contributed by atoms with E-state index in [9.17, 15) is 4.79 Å². The van der Waals surface area contributed by atoms with Crippen molar-refractivity contribution in [3.63, 3.8) is 0 Å². The SMILES string of the molecule is C[C@H]1CCc2c(cc(-c3ccccc3)n2-c2ccc(C(=O)NC3CCCCCC3)cc2)C1. The Bertz CT molecular complexity index is 1060. The van der Waals surface area contributed by atoms with Crippen molar-refractivity contribution in [1.29, 1.82) is 0 Å². The zero-order valence-electron chi connectivity index (χ0n) is 19.1. The molecule has 166 valence electrons. The van der Waals surface area contributed by atoms with Crippen LogP contribution in [0.15, 0.2) is 60.7 Å². The van der Waals surface area contributed by atoms with E-state index >= 15 is 0 Å². The van der Waals surface area contributed by atoms with Gasteiger partial charge in [0.2, 0.25) is 0 Å². The molecular formula is C29H34N2O. The number of rotatable bonds is 4. The molecule has 0 radical (unpaired) electrons. The lowest BCUT2D eigenvalue weighted by Gasteiger charge is -2.21. The maximum atomic E-state index is 12.9. The van der Waals surface area contributed by atoms with Crippen molar-refractivity contribution < 1.29 is 4.79 Å². The van der Waals surface area contributed by atoms with Crippen LogP contribution < -0.4 is 5.32 Å². The van der Waals surface area contributed by atoms with Crippen LogP contribution in [0, 0.1) is 5.92 Å². The summed E-state index contributed by atoms with van der Waals surface area (Å²) in [6, 6.07) is 21.6. The molecule has 5 rings (SSSR count). The average molecular weight is 427 g/mol. The molecule has 2 aliphatic carbocycles. The molecule has 1 fully saturated rings. The zero-order chi connectivity index (χ0) is 21.9. The van der Waals surface area contributed by atoms with Gasteiger partial charge in [0.25, 0.3) is 5.91 Å². The highest BCUT2D eigenvalue weighted by Gasteiger charge is 2.23. The fourth-order valence-corrected chi connectivity index (χ4v) is 5.48. The summed E-state index contributed by atoms with van der Waals surface area (Å²) in [4.78, 5) is 12.9. The largest absolute Gasteiger partial charge is 0.349 e. The number of carbonyl (C=O) groups excluding carboxylic acids is 1. The molecule has 0 bridgehead atoms. The second kappa shape index (κ2) is 9.36. The summed E-state index contributed by atoms with van der Waals surface area (Å²) < 4.78 is 2.42. The maximum absolute atomic E-state index is 12.9. The van der Waals surface area contributed by atoms with Crippen LogP contribution in [0.5, 0.6) is 0 Å². The van der Waals surface area contributed by atoms with Crippen molar-refractivity contribution in [2.45, 2.75) is 70.8 Å². The maximum Gasteiger partial charge on any atom is 0.251 e. The fraction of sp³-hybridized carbons (Fsp3) is 0.414. The van der Waals surface area contributed by atoms with Crippen LogP contribution in [0.25, 0.3) is 16.9 Å². The van der Waals surface area contributed by atoms with Gasteiger partial charge in [-0.05, 0) is 79.5 Å². The van der Waals surface area contributed by atoms with Crippen molar-refractivity contribution in [3.05, 3.63) is 77.5 Å². The number of carbonyl (C=O) groups is 1. The second-order valence-corrected chi connectivity index (χ2v) is 9.76. The Hall–Kier alpha value is -2.81. The molecule has 1 aromatic heterocycles. The van der Waals surface area contributed by atoms with E-state index in [1.165, 1.54) is 54.6 Å². The van der Waals surface area contributed by atoms with Gasteiger partial charge in [-0.2, -0.15) is 0 Å². The van der Waals surface area contributed by atoms with Crippen molar-refractivity contribution in [2.24, 2.45) is 5.92 Å². The van der Waals surface area contributed by atoms with Gasteiger partial charge in [-0.1, -0.05) is 62.9 Å². The van der Waals surface area contributed by atoms with E-state index in [0.29, 0.717) is 6.04 Å². The molecule has 1 atom stereocenters. The molecule has 3 nitrogen and oxygen atoms in total. The first-order chi connectivity index (χ1) is 15.7. The van der Waals surface area contributed by atoms with Gasteiger partial charge in [-0.15, -0.1) is 0 Å². The Labute approximate surface area is 191 Å². The van der Waals surface area contributed by atoms with Gasteiger partial charge in [0.15, 0.2) is 0 Å². The molecule has 1 amide bonds. The van der Waals surface area contributed by atoms with Crippen LogP contribution >= 0.6 is 0 Å². The minimum Gasteiger partial charge on any atom is -0.349 e. The number of hydrogen-bond acceptors (Lipinski definition) is 1. The van der Waals surface area contributed by atoms with E-state index in [1.807, 2.05) is 12.1 Å². The predicted molar refractivity (Wildman–Crippen MR) is 131 cm³/mol. The minimum atomic E-state index is 0.0649. The highest BCUT2D eigenvalue weighted by atomic mass is 16.1. The van der Waals surface area contributed by atoms with Crippen LogP contribution in [-0.4, -0.2) is 16.5 Å². The number of amides is 1. The van der Waals surface area contributed by atoms with Gasteiger partial charge in [0.1, 0.15) is 0 Å². The van der Waals surface area contributed by atoms with Crippen LogP contribution in [0.3, 0.4) is 0 Å². The lowest BCUT2D eigenvalue weighted by molar-refractivity contribution is 0.0933. The van der Waals surface area contributed by atoms with E-state index < -0.39 is 0 Å². The molecule has 2 aromatic carbocycles. The molecular weight excluding hydrogens is 392 g/mol. The van der Waals surface area contributed by atoms with Crippen LogP contribution in [0.2, 0.25) is 0 Å². The van der Waals surface area contributed by atoms with E-state index in [-0.39, 0.29) is 5.91 Å². The van der Waals surface area contributed by atoms with Crippen LogP contribution in [0.1, 0.15) is 73.5 Å². The smallest absolute Gasteiger partial charge is 0.251 e. The summed E-state index contributed by atoms with van der Waals surface area (Å²) in [7, 11) is 0. The zero-order valence-corrected chi connectivity index (χ0v) is 19.1. The first-order valence-electron chi connectivity index (χ1n) is 12.4.